The molecule has 0 saturated carbocycles. The highest BCUT2D eigenvalue weighted by Gasteiger charge is 2.04. The van der Waals surface area contributed by atoms with Crippen molar-refractivity contribution >= 4 is 5.97 Å². The summed E-state index contributed by atoms with van der Waals surface area (Å²) >= 11 is 0. The number of carboxylic acid groups (broad SMARTS) is 1. The highest BCUT2D eigenvalue weighted by atomic mass is 16.5. The summed E-state index contributed by atoms with van der Waals surface area (Å²) in [6.07, 6.45) is 0. The van der Waals surface area contributed by atoms with Gasteiger partial charge in [-0.25, -0.2) is 0 Å². The lowest BCUT2D eigenvalue weighted by Crippen LogP contribution is -2.22. The van der Waals surface area contributed by atoms with E-state index in [-0.39, 0.29) is 6.54 Å². The predicted octanol–water partition coefficient (Wildman–Crippen LogP) is 2.75. The minimum atomic E-state index is -0.867. The van der Waals surface area contributed by atoms with Crippen molar-refractivity contribution in [2.24, 2.45) is 0 Å². The molecule has 0 amide bonds. The molecule has 0 saturated heterocycles. The molecule has 110 valence electrons. The molecule has 0 bridgehead atoms. The number of ether oxygens (including phenoxy) is 1. The Morgan fingerprint density at radius 2 is 2.00 bits per heavy atom. The standard InChI is InChI=1S/C17H19NO3/c1-13-5-4-6-14(9-13)12-21-16-8-3-2-7-15(16)10-18-11-17(19)20/h2-9,18H,10-12H2,1H3,(H,19,20). The van der Waals surface area contributed by atoms with Crippen molar-refractivity contribution < 1.29 is 14.6 Å². The second kappa shape index (κ2) is 7.45. The monoisotopic (exact) mass is 285 g/mol. The van der Waals surface area contributed by atoms with E-state index >= 15 is 0 Å². The molecule has 21 heavy (non-hydrogen) atoms. The highest BCUT2D eigenvalue weighted by Crippen LogP contribution is 2.19. The minimum absolute atomic E-state index is 0.0633. The summed E-state index contributed by atoms with van der Waals surface area (Å²) in [5.41, 5.74) is 3.27. The molecule has 0 aliphatic heterocycles. The van der Waals surface area contributed by atoms with Crippen molar-refractivity contribution in [3.8, 4) is 5.75 Å². The van der Waals surface area contributed by atoms with Gasteiger partial charge < -0.3 is 15.2 Å². The average Bonchev–Trinajstić information content (AvgIpc) is 2.46. The topological polar surface area (TPSA) is 58.6 Å². The number of benzene rings is 2. The third-order valence-corrected chi connectivity index (χ3v) is 3.04. The molecule has 2 N–H and O–H groups in total. The summed E-state index contributed by atoms with van der Waals surface area (Å²) in [5.74, 6) is -0.0925. The van der Waals surface area contributed by atoms with Gasteiger partial charge in [-0.3, -0.25) is 4.79 Å². The number of carboxylic acids is 1. The zero-order chi connectivity index (χ0) is 15.1. The maximum Gasteiger partial charge on any atom is 0.317 e. The Balaban J connectivity index is 1.97. The fourth-order valence-electron chi connectivity index (χ4n) is 2.06. The van der Waals surface area contributed by atoms with Crippen LogP contribution in [0.3, 0.4) is 0 Å². The normalized spacial score (nSPS) is 10.3. The third kappa shape index (κ3) is 4.93. The second-order valence-electron chi connectivity index (χ2n) is 4.88. The molecule has 4 nitrogen and oxygen atoms in total. The molecule has 0 aliphatic rings. The number of aryl methyl sites for hydroxylation is 1. The second-order valence-corrected chi connectivity index (χ2v) is 4.88. The minimum Gasteiger partial charge on any atom is -0.489 e. The van der Waals surface area contributed by atoms with E-state index in [0.717, 1.165) is 16.9 Å². The van der Waals surface area contributed by atoms with E-state index in [0.29, 0.717) is 13.2 Å². The number of hydrogen-bond acceptors (Lipinski definition) is 3. The Hall–Kier alpha value is -2.33. The first kappa shape index (κ1) is 15.1. The predicted molar refractivity (Wildman–Crippen MR) is 81.3 cm³/mol. The van der Waals surface area contributed by atoms with Crippen LogP contribution in [-0.4, -0.2) is 17.6 Å². The van der Waals surface area contributed by atoms with Gasteiger partial charge in [-0.05, 0) is 18.6 Å². The lowest BCUT2D eigenvalue weighted by molar-refractivity contribution is -0.136. The molecule has 2 aromatic rings. The smallest absolute Gasteiger partial charge is 0.317 e. The van der Waals surface area contributed by atoms with E-state index in [1.54, 1.807) is 0 Å². The van der Waals surface area contributed by atoms with E-state index in [2.05, 4.69) is 11.4 Å². The summed E-state index contributed by atoms with van der Waals surface area (Å²) in [6.45, 7) is 2.95. The van der Waals surface area contributed by atoms with Crippen LogP contribution in [0, 0.1) is 6.92 Å². The molecule has 2 rings (SSSR count). The van der Waals surface area contributed by atoms with Gasteiger partial charge in [-0.2, -0.15) is 0 Å². The molecule has 0 aliphatic carbocycles. The molecule has 0 unspecified atom stereocenters. The molecule has 0 atom stereocenters. The van der Waals surface area contributed by atoms with Gasteiger partial charge in [0.25, 0.3) is 0 Å². The Morgan fingerprint density at radius 3 is 2.76 bits per heavy atom. The molecule has 2 aromatic carbocycles. The van der Waals surface area contributed by atoms with E-state index in [4.69, 9.17) is 9.84 Å². The zero-order valence-corrected chi connectivity index (χ0v) is 12.0. The van der Waals surface area contributed by atoms with Gasteiger partial charge in [0.2, 0.25) is 0 Å². The number of rotatable bonds is 7. The summed E-state index contributed by atoms with van der Waals surface area (Å²) < 4.78 is 5.85. The van der Waals surface area contributed by atoms with Crippen LogP contribution in [0.4, 0.5) is 0 Å². The molecule has 0 fully saturated rings. The number of nitrogens with one attached hydrogen (secondary N) is 1. The zero-order valence-electron chi connectivity index (χ0n) is 12.0. The molecular formula is C17H19NO3. The van der Waals surface area contributed by atoms with E-state index in [9.17, 15) is 4.79 Å². The van der Waals surface area contributed by atoms with Gasteiger partial charge in [-0.15, -0.1) is 0 Å². The van der Waals surface area contributed by atoms with Crippen molar-refractivity contribution in [2.45, 2.75) is 20.1 Å². The molecule has 0 aromatic heterocycles. The maximum atomic E-state index is 10.5. The summed E-state index contributed by atoms with van der Waals surface area (Å²) in [7, 11) is 0. The van der Waals surface area contributed by atoms with Crippen molar-refractivity contribution in [3.05, 3.63) is 65.2 Å². The van der Waals surface area contributed by atoms with E-state index in [1.165, 1.54) is 5.56 Å². The molecule has 0 heterocycles. The Labute approximate surface area is 124 Å². The Kier molecular flexibility index (Phi) is 5.35. The van der Waals surface area contributed by atoms with Crippen LogP contribution in [0.15, 0.2) is 48.5 Å². The molecule has 4 heteroatoms. The number of aliphatic carboxylic acids is 1. The summed E-state index contributed by atoms with van der Waals surface area (Å²) in [5, 5.41) is 11.5. The SMILES string of the molecule is Cc1cccc(COc2ccccc2CNCC(=O)O)c1. The third-order valence-electron chi connectivity index (χ3n) is 3.04. The largest absolute Gasteiger partial charge is 0.489 e. The fraction of sp³-hybridized carbons (Fsp3) is 0.235. The average molecular weight is 285 g/mol. The van der Waals surface area contributed by atoms with Gasteiger partial charge in [0.05, 0.1) is 6.54 Å². The lowest BCUT2D eigenvalue weighted by atomic mass is 10.1. The summed E-state index contributed by atoms with van der Waals surface area (Å²) in [4.78, 5) is 10.5. The van der Waals surface area contributed by atoms with Crippen molar-refractivity contribution in [3.63, 3.8) is 0 Å². The van der Waals surface area contributed by atoms with Crippen molar-refractivity contribution in [1.29, 1.82) is 0 Å². The van der Waals surface area contributed by atoms with Gasteiger partial charge >= 0.3 is 5.97 Å². The van der Waals surface area contributed by atoms with Crippen LogP contribution in [-0.2, 0) is 17.9 Å². The van der Waals surface area contributed by atoms with Crippen LogP contribution < -0.4 is 10.1 Å². The first-order valence-corrected chi connectivity index (χ1v) is 6.84. The Morgan fingerprint density at radius 1 is 1.19 bits per heavy atom. The first-order valence-electron chi connectivity index (χ1n) is 6.84. The van der Waals surface area contributed by atoms with Crippen molar-refractivity contribution in [1.82, 2.24) is 5.32 Å². The van der Waals surface area contributed by atoms with Crippen molar-refractivity contribution in [2.75, 3.05) is 6.54 Å². The van der Waals surface area contributed by atoms with Crippen LogP contribution in [0.25, 0.3) is 0 Å². The van der Waals surface area contributed by atoms with Crippen LogP contribution in [0.2, 0.25) is 0 Å². The van der Waals surface area contributed by atoms with E-state index < -0.39 is 5.97 Å². The van der Waals surface area contributed by atoms with Gasteiger partial charge in [0.15, 0.2) is 0 Å². The van der Waals surface area contributed by atoms with E-state index in [1.807, 2.05) is 49.4 Å². The molecular weight excluding hydrogens is 266 g/mol. The quantitative estimate of drug-likeness (QED) is 0.821. The number of carbonyl (C=O) groups is 1. The van der Waals surface area contributed by atoms with Crippen LogP contribution >= 0.6 is 0 Å². The Bertz CT molecular complexity index is 610. The highest BCUT2D eigenvalue weighted by molar-refractivity contribution is 5.69. The van der Waals surface area contributed by atoms with Crippen LogP contribution in [0.5, 0.6) is 5.75 Å². The maximum absolute atomic E-state index is 10.5. The summed E-state index contributed by atoms with van der Waals surface area (Å²) in [6, 6.07) is 15.8. The number of hydrogen-bond donors (Lipinski definition) is 2. The first-order chi connectivity index (χ1) is 10.1. The fourth-order valence-corrected chi connectivity index (χ4v) is 2.06. The molecule has 0 spiro atoms. The van der Waals surface area contributed by atoms with Gasteiger partial charge in [0, 0.05) is 12.1 Å². The molecule has 0 radical (unpaired) electrons. The van der Waals surface area contributed by atoms with Gasteiger partial charge in [-0.1, -0.05) is 48.0 Å². The van der Waals surface area contributed by atoms with Gasteiger partial charge in [0.1, 0.15) is 12.4 Å². The van der Waals surface area contributed by atoms with Crippen LogP contribution in [0.1, 0.15) is 16.7 Å². The lowest BCUT2D eigenvalue weighted by Gasteiger charge is -2.12. The number of para-hydroxylation sites is 1.